The zero-order valence-electron chi connectivity index (χ0n) is 17.2. The normalized spacial score (nSPS) is 10.2. The van der Waals surface area contributed by atoms with Crippen LogP contribution in [0.15, 0.2) is 42.5 Å². The average Bonchev–Trinajstić information content (AvgIpc) is 2.73. The number of hydrogen-bond donors (Lipinski definition) is 3. The highest BCUT2D eigenvalue weighted by molar-refractivity contribution is 5.84. The van der Waals surface area contributed by atoms with Crippen LogP contribution >= 0.6 is 0 Å². The van der Waals surface area contributed by atoms with E-state index in [-0.39, 0.29) is 18.4 Å². The van der Waals surface area contributed by atoms with Crippen molar-refractivity contribution in [3.8, 4) is 11.5 Å². The highest BCUT2D eigenvalue weighted by Crippen LogP contribution is 2.19. The number of amides is 2. The molecule has 3 N–H and O–H groups in total. The lowest BCUT2D eigenvalue weighted by atomic mass is 10.1. The minimum Gasteiger partial charge on any atom is -0.497 e. The smallest absolute Gasteiger partial charge is 0.257 e. The first-order valence-corrected chi connectivity index (χ1v) is 9.63. The van der Waals surface area contributed by atoms with Gasteiger partial charge >= 0.3 is 0 Å². The maximum atomic E-state index is 11.8. The van der Waals surface area contributed by atoms with Crippen molar-refractivity contribution in [1.29, 1.82) is 0 Å². The number of unbranched alkanes of at least 4 members (excludes halogenated alkanes) is 1. The summed E-state index contributed by atoms with van der Waals surface area (Å²) in [6.45, 7) is 4.64. The van der Waals surface area contributed by atoms with Crippen molar-refractivity contribution in [3.63, 3.8) is 0 Å². The Kier molecular flexibility index (Phi) is 8.82. The molecule has 0 unspecified atom stereocenters. The first-order valence-electron chi connectivity index (χ1n) is 9.63. The summed E-state index contributed by atoms with van der Waals surface area (Å²) in [5, 5.41) is 2.97. The predicted molar refractivity (Wildman–Crippen MR) is 113 cm³/mol. The zero-order valence-corrected chi connectivity index (χ0v) is 17.2. The quantitative estimate of drug-likeness (QED) is 0.422. The zero-order chi connectivity index (χ0) is 21.1. The number of carbonyl (C=O) groups is 2. The van der Waals surface area contributed by atoms with Crippen LogP contribution in [0.4, 0.5) is 5.69 Å². The van der Waals surface area contributed by atoms with Crippen molar-refractivity contribution in [2.75, 3.05) is 25.6 Å². The number of rotatable bonds is 10. The Bertz CT molecular complexity index is 806. The Morgan fingerprint density at radius 1 is 0.931 bits per heavy atom. The Labute approximate surface area is 171 Å². The van der Waals surface area contributed by atoms with E-state index < -0.39 is 0 Å². The van der Waals surface area contributed by atoms with Crippen molar-refractivity contribution in [3.05, 3.63) is 53.6 Å². The number of hydrogen-bond acceptors (Lipinski definition) is 5. The second kappa shape index (κ2) is 11.6. The molecule has 0 spiro atoms. The van der Waals surface area contributed by atoms with Gasteiger partial charge in [0, 0.05) is 12.1 Å². The Morgan fingerprint density at radius 3 is 2.38 bits per heavy atom. The van der Waals surface area contributed by atoms with Gasteiger partial charge in [-0.1, -0.05) is 12.1 Å². The van der Waals surface area contributed by atoms with Gasteiger partial charge in [-0.15, -0.1) is 0 Å². The molecule has 2 aromatic rings. The van der Waals surface area contributed by atoms with Crippen LogP contribution in [-0.4, -0.2) is 32.1 Å². The molecule has 0 saturated carbocycles. The van der Waals surface area contributed by atoms with Crippen LogP contribution in [0.1, 0.15) is 30.4 Å². The van der Waals surface area contributed by atoms with E-state index in [0.29, 0.717) is 19.4 Å². The lowest BCUT2D eigenvalue weighted by molar-refractivity contribution is -0.128. The number of carbonyl (C=O) groups excluding carboxylic acids is 2. The predicted octanol–water partition coefficient (Wildman–Crippen LogP) is 3.12. The number of methoxy groups -OCH3 is 1. The fourth-order valence-corrected chi connectivity index (χ4v) is 2.57. The van der Waals surface area contributed by atoms with Gasteiger partial charge in [0.05, 0.1) is 20.3 Å². The maximum Gasteiger partial charge on any atom is 0.257 e. The Morgan fingerprint density at radius 2 is 1.66 bits per heavy atom. The van der Waals surface area contributed by atoms with Gasteiger partial charge in [-0.2, -0.15) is 0 Å². The number of benzene rings is 2. The molecular formula is C22H29N3O4. The van der Waals surface area contributed by atoms with E-state index in [0.717, 1.165) is 34.7 Å². The monoisotopic (exact) mass is 399 g/mol. The topological polar surface area (TPSA) is 88.7 Å². The molecule has 2 rings (SSSR count). The van der Waals surface area contributed by atoms with Gasteiger partial charge in [0.25, 0.3) is 5.91 Å². The summed E-state index contributed by atoms with van der Waals surface area (Å²) in [5.74, 6) is 1.07. The highest BCUT2D eigenvalue weighted by atomic mass is 16.5. The molecule has 0 bridgehead atoms. The molecule has 29 heavy (non-hydrogen) atoms. The molecule has 0 saturated heterocycles. The van der Waals surface area contributed by atoms with Gasteiger partial charge in [0.15, 0.2) is 0 Å². The third-order valence-electron chi connectivity index (χ3n) is 4.28. The SMILES string of the molecule is COc1ccc(NCC(=O)NNC(=O)CCCCOc2cc(C)ccc2C)cc1. The van der Waals surface area contributed by atoms with Crippen LogP contribution in [0.25, 0.3) is 0 Å². The van der Waals surface area contributed by atoms with Crippen LogP contribution < -0.4 is 25.6 Å². The molecule has 0 radical (unpaired) electrons. The molecule has 7 nitrogen and oxygen atoms in total. The lowest BCUT2D eigenvalue weighted by Crippen LogP contribution is -2.44. The Balaban J connectivity index is 1.55. The number of hydrazine groups is 1. The molecule has 0 aliphatic carbocycles. The number of aryl methyl sites for hydroxylation is 2. The molecule has 0 heterocycles. The molecule has 0 aliphatic rings. The van der Waals surface area contributed by atoms with Crippen LogP contribution in [0, 0.1) is 13.8 Å². The standard InChI is InChI=1S/C22H29N3O4/c1-16-7-8-17(2)20(14-16)29-13-5-4-6-21(26)24-25-22(27)15-23-18-9-11-19(28-3)12-10-18/h7-12,14,23H,4-6,13,15H2,1-3H3,(H,24,26)(H,25,27). The maximum absolute atomic E-state index is 11.8. The second-order valence-electron chi connectivity index (χ2n) is 6.75. The van der Waals surface area contributed by atoms with Gasteiger partial charge in [-0.05, 0) is 68.1 Å². The molecule has 156 valence electrons. The Hall–Kier alpha value is -3.22. The van der Waals surface area contributed by atoms with Gasteiger partial charge in [0.1, 0.15) is 11.5 Å². The largest absolute Gasteiger partial charge is 0.497 e. The van der Waals surface area contributed by atoms with Crippen molar-refractivity contribution >= 4 is 17.5 Å². The molecule has 2 amide bonds. The van der Waals surface area contributed by atoms with Crippen LogP contribution in [0.2, 0.25) is 0 Å². The van der Waals surface area contributed by atoms with Gasteiger partial charge < -0.3 is 14.8 Å². The molecular weight excluding hydrogens is 370 g/mol. The molecule has 2 aromatic carbocycles. The van der Waals surface area contributed by atoms with Crippen LogP contribution in [0.5, 0.6) is 11.5 Å². The summed E-state index contributed by atoms with van der Waals surface area (Å²) in [7, 11) is 1.59. The minimum absolute atomic E-state index is 0.0519. The summed E-state index contributed by atoms with van der Waals surface area (Å²) in [4.78, 5) is 23.6. The van der Waals surface area contributed by atoms with E-state index in [1.165, 1.54) is 0 Å². The minimum atomic E-state index is -0.326. The molecule has 0 atom stereocenters. The summed E-state index contributed by atoms with van der Waals surface area (Å²) >= 11 is 0. The molecule has 0 aliphatic heterocycles. The van der Waals surface area contributed by atoms with Gasteiger partial charge in [-0.25, -0.2) is 0 Å². The lowest BCUT2D eigenvalue weighted by Gasteiger charge is -2.11. The second-order valence-corrected chi connectivity index (χ2v) is 6.75. The number of nitrogens with one attached hydrogen (secondary N) is 3. The third-order valence-corrected chi connectivity index (χ3v) is 4.28. The van der Waals surface area contributed by atoms with Crippen LogP contribution in [-0.2, 0) is 9.59 Å². The fraction of sp³-hybridized carbons (Fsp3) is 0.364. The van der Waals surface area contributed by atoms with E-state index >= 15 is 0 Å². The van der Waals surface area contributed by atoms with Crippen molar-refractivity contribution in [2.24, 2.45) is 0 Å². The van der Waals surface area contributed by atoms with Gasteiger partial charge in [0.2, 0.25) is 5.91 Å². The van der Waals surface area contributed by atoms with Crippen LogP contribution in [0.3, 0.4) is 0 Å². The highest BCUT2D eigenvalue weighted by Gasteiger charge is 2.05. The molecule has 0 aromatic heterocycles. The average molecular weight is 399 g/mol. The van der Waals surface area contributed by atoms with E-state index in [1.54, 1.807) is 19.2 Å². The first kappa shape index (κ1) is 22.1. The van der Waals surface area contributed by atoms with E-state index in [9.17, 15) is 9.59 Å². The van der Waals surface area contributed by atoms with Crippen molar-refractivity contribution < 1.29 is 19.1 Å². The fourth-order valence-electron chi connectivity index (χ4n) is 2.57. The van der Waals surface area contributed by atoms with Crippen molar-refractivity contribution in [1.82, 2.24) is 10.9 Å². The number of ether oxygens (including phenoxy) is 2. The summed E-state index contributed by atoms with van der Waals surface area (Å²) in [5.41, 5.74) is 7.86. The van der Waals surface area contributed by atoms with E-state index in [4.69, 9.17) is 9.47 Å². The number of anilines is 1. The summed E-state index contributed by atoms with van der Waals surface area (Å²) < 4.78 is 10.8. The summed E-state index contributed by atoms with van der Waals surface area (Å²) in [6.07, 6.45) is 1.76. The first-order chi connectivity index (χ1) is 14.0. The van der Waals surface area contributed by atoms with E-state index in [2.05, 4.69) is 16.2 Å². The third kappa shape index (κ3) is 8.13. The molecule has 0 fully saturated rings. The summed E-state index contributed by atoms with van der Waals surface area (Å²) in [6, 6.07) is 13.3. The van der Waals surface area contributed by atoms with E-state index in [1.807, 2.05) is 44.2 Å². The van der Waals surface area contributed by atoms with Gasteiger partial charge in [-0.3, -0.25) is 20.4 Å². The van der Waals surface area contributed by atoms with Crippen molar-refractivity contribution in [2.45, 2.75) is 33.1 Å². The molecule has 7 heteroatoms.